The molecule has 1 heterocycles. The van der Waals surface area contributed by atoms with Crippen LogP contribution in [0.25, 0.3) is 11.3 Å². The minimum atomic E-state index is -0.222. The summed E-state index contributed by atoms with van der Waals surface area (Å²) in [7, 11) is 0. The molecule has 21 heavy (non-hydrogen) atoms. The number of anilines is 2. The minimum Gasteiger partial charge on any atom is -0.464 e. The number of carbonyl (C=O) groups is 1. The number of benzene rings is 2. The first-order valence-corrected chi connectivity index (χ1v) is 6.54. The molecule has 2 aromatic carbocycles. The monoisotopic (exact) mass is 278 g/mol. The molecule has 3 N–H and O–H groups in total. The first-order valence-electron chi connectivity index (χ1n) is 6.54. The van der Waals surface area contributed by atoms with Crippen LogP contribution in [0.1, 0.15) is 10.4 Å². The molecule has 0 unspecified atom stereocenters. The summed E-state index contributed by atoms with van der Waals surface area (Å²) in [5.41, 5.74) is 8.26. The smallest absolute Gasteiger partial charge is 0.256 e. The highest BCUT2D eigenvalue weighted by Crippen LogP contribution is 2.26. The van der Waals surface area contributed by atoms with Crippen LogP contribution in [0.2, 0.25) is 0 Å². The van der Waals surface area contributed by atoms with E-state index < -0.39 is 0 Å². The van der Waals surface area contributed by atoms with Gasteiger partial charge in [0.15, 0.2) is 0 Å². The van der Waals surface area contributed by atoms with E-state index in [1.165, 1.54) is 0 Å². The predicted octanol–water partition coefficient (Wildman–Crippen LogP) is 3.78. The molecule has 1 aromatic heterocycles. The zero-order chi connectivity index (χ0) is 14.7. The molecule has 3 rings (SSSR count). The standard InChI is InChI=1S/C17H14N2O2/c18-12-8-9-14(16-7-4-10-21-16)15(11-12)17(20)19-13-5-2-1-3-6-13/h1-11H,18H2,(H,19,20). The van der Waals surface area contributed by atoms with Gasteiger partial charge in [-0.25, -0.2) is 0 Å². The maximum atomic E-state index is 12.5. The van der Waals surface area contributed by atoms with Crippen molar-refractivity contribution in [3.05, 3.63) is 72.5 Å². The van der Waals surface area contributed by atoms with Gasteiger partial charge in [-0.3, -0.25) is 4.79 Å². The lowest BCUT2D eigenvalue weighted by Crippen LogP contribution is -2.13. The minimum absolute atomic E-state index is 0.222. The number of rotatable bonds is 3. The Labute approximate surface area is 122 Å². The van der Waals surface area contributed by atoms with Crippen molar-refractivity contribution in [3.63, 3.8) is 0 Å². The molecule has 0 bridgehead atoms. The van der Waals surface area contributed by atoms with Crippen LogP contribution in [0.15, 0.2) is 71.3 Å². The Balaban J connectivity index is 1.97. The number of nitrogens with one attached hydrogen (secondary N) is 1. The fraction of sp³-hybridized carbons (Fsp3) is 0. The van der Waals surface area contributed by atoms with Crippen LogP contribution in [0.5, 0.6) is 0 Å². The molecular weight excluding hydrogens is 264 g/mol. The van der Waals surface area contributed by atoms with Crippen molar-refractivity contribution in [1.82, 2.24) is 0 Å². The summed E-state index contributed by atoms with van der Waals surface area (Å²) >= 11 is 0. The maximum absolute atomic E-state index is 12.5. The van der Waals surface area contributed by atoms with Gasteiger partial charge in [-0.2, -0.15) is 0 Å². The Morgan fingerprint density at radius 1 is 1.00 bits per heavy atom. The van der Waals surface area contributed by atoms with Crippen LogP contribution in [-0.2, 0) is 0 Å². The highest BCUT2D eigenvalue weighted by Gasteiger charge is 2.15. The number of furan rings is 1. The van der Waals surface area contributed by atoms with Gasteiger partial charge in [-0.15, -0.1) is 0 Å². The average molecular weight is 278 g/mol. The summed E-state index contributed by atoms with van der Waals surface area (Å²) in [5.74, 6) is 0.410. The molecule has 1 amide bonds. The molecule has 4 heteroatoms. The molecule has 0 fully saturated rings. The van der Waals surface area contributed by atoms with E-state index in [4.69, 9.17) is 10.2 Å². The molecule has 104 valence electrons. The van der Waals surface area contributed by atoms with E-state index >= 15 is 0 Å². The van der Waals surface area contributed by atoms with Crippen molar-refractivity contribution < 1.29 is 9.21 Å². The number of nitrogen functional groups attached to an aromatic ring is 1. The SMILES string of the molecule is Nc1ccc(-c2ccco2)c(C(=O)Nc2ccccc2)c1. The summed E-state index contributed by atoms with van der Waals surface area (Å²) in [6.45, 7) is 0. The van der Waals surface area contributed by atoms with Crippen LogP contribution in [0, 0.1) is 0 Å². The predicted molar refractivity (Wildman–Crippen MR) is 83.0 cm³/mol. The molecule has 0 aliphatic heterocycles. The normalized spacial score (nSPS) is 10.3. The molecule has 0 atom stereocenters. The molecule has 4 nitrogen and oxygen atoms in total. The Morgan fingerprint density at radius 2 is 1.81 bits per heavy atom. The van der Waals surface area contributed by atoms with Crippen LogP contribution < -0.4 is 11.1 Å². The van der Waals surface area contributed by atoms with E-state index in [9.17, 15) is 4.79 Å². The fourth-order valence-corrected chi connectivity index (χ4v) is 2.12. The average Bonchev–Trinajstić information content (AvgIpc) is 3.02. The molecule has 0 saturated heterocycles. The zero-order valence-electron chi connectivity index (χ0n) is 11.2. The van der Waals surface area contributed by atoms with Gasteiger partial charge in [-0.1, -0.05) is 18.2 Å². The van der Waals surface area contributed by atoms with Crippen molar-refractivity contribution in [2.24, 2.45) is 0 Å². The van der Waals surface area contributed by atoms with Gasteiger partial charge in [0, 0.05) is 16.9 Å². The van der Waals surface area contributed by atoms with Crippen LogP contribution in [0.4, 0.5) is 11.4 Å². The van der Waals surface area contributed by atoms with Gasteiger partial charge < -0.3 is 15.5 Å². The van der Waals surface area contributed by atoms with E-state index in [-0.39, 0.29) is 5.91 Å². The second-order valence-corrected chi connectivity index (χ2v) is 4.60. The molecule has 0 saturated carbocycles. The number of nitrogens with two attached hydrogens (primary N) is 1. The van der Waals surface area contributed by atoms with Crippen molar-refractivity contribution >= 4 is 17.3 Å². The number of carbonyl (C=O) groups excluding carboxylic acids is 1. The van der Waals surface area contributed by atoms with Crippen molar-refractivity contribution in [2.45, 2.75) is 0 Å². The van der Waals surface area contributed by atoms with E-state index in [1.54, 1.807) is 30.5 Å². The lowest BCUT2D eigenvalue weighted by Gasteiger charge is -2.09. The zero-order valence-corrected chi connectivity index (χ0v) is 11.2. The van der Waals surface area contributed by atoms with E-state index in [1.807, 2.05) is 36.4 Å². The van der Waals surface area contributed by atoms with E-state index in [2.05, 4.69) is 5.32 Å². The van der Waals surface area contributed by atoms with E-state index in [0.717, 1.165) is 5.69 Å². The quantitative estimate of drug-likeness (QED) is 0.716. The Morgan fingerprint density at radius 3 is 2.52 bits per heavy atom. The molecule has 3 aromatic rings. The fourth-order valence-electron chi connectivity index (χ4n) is 2.12. The number of hydrogen-bond acceptors (Lipinski definition) is 3. The van der Waals surface area contributed by atoms with Gasteiger partial charge in [0.05, 0.1) is 11.8 Å². The van der Waals surface area contributed by atoms with Gasteiger partial charge in [0.2, 0.25) is 0 Å². The summed E-state index contributed by atoms with van der Waals surface area (Å²) in [4.78, 5) is 12.5. The van der Waals surface area contributed by atoms with Crippen molar-refractivity contribution in [2.75, 3.05) is 11.1 Å². The second kappa shape index (κ2) is 5.54. The molecule has 0 spiro atoms. The molecular formula is C17H14N2O2. The van der Waals surface area contributed by atoms with Gasteiger partial charge in [0.25, 0.3) is 5.91 Å². The van der Waals surface area contributed by atoms with Crippen molar-refractivity contribution in [1.29, 1.82) is 0 Å². The lowest BCUT2D eigenvalue weighted by atomic mass is 10.0. The van der Waals surface area contributed by atoms with Gasteiger partial charge in [0.1, 0.15) is 5.76 Å². The molecule has 0 aliphatic carbocycles. The van der Waals surface area contributed by atoms with Crippen molar-refractivity contribution in [3.8, 4) is 11.3 Å². The largest absolute Gasteiger partial charge is 0.464 e. The van der Waals surface area contributed by atoms with E-state index in [0.29, 0.717) is 22.6 Å². The first kappa shape index (κ1) is 13.0. The Kier molecular flexibility index (Phi) is 3.43. The van der Waals surface area contributed by atoms with Crippen LogP contribution in [-0.4, -0.2) is 5.91 Å². The number of para-hydroxylation sites is 1. The highest BCUT2D eigenvalue weighted by molar-refractivity contribution is 6.09. The highest BCUT2D eigenvalue weighted by atomic mass is 16.3. The van der Waals surface area contributed by atoms with Gasteiger partial charge in [-0.05, 0) is 42.5 Å². The number of amides is 1. The second-order valence-electron chi connectivity index (χ2n) is 4.60. The van der Waals surface area contributed by atoms with Crippen LogP contribution >= 0.6 is 0 Å². The maximum Gasteiger partial charge on any atom is 0.256 e. The third kappa shape index (κ3) is 2.79. The summed E-state index contributed by atoms with van der Waals surface area (Å²) in [6, 6.07) is 18.1. The first-order chi connectivity index (χ1) is 10.2. The summed E-state index contributed by atoms with van der Waals surface area (Å²) in [5, 5.41) is 2.85. The van der Waals surface area contributed by atoms with Gasteiger partial charge >= 0.3 is 0 Å². The third-order valence-electron chi connectivity index (χ3n) is 3.11. The Hall–Kier alpha value is -3.01. The third-order valence-corrected chi connectivity index (χ3v) is 3.11. The summed E-state index contributed by atoms with van der Waals surface area (Å²) in [6.07, 6.45) is 1.57. The number of hydrogen-bond donors (Lipinski definition) is 2. The summed E-state index contributed by atoms with van der Waals surface area (Å²) < 4.78 is 5.38. The molecule has 0 radical (unpaired) electrons. The van der Waals surface area contributed by atoms with Crippen LogP contribution in [0.3, 0.4) is 0 Å². The Bertz CT molecular complexity index is 750. The lowest BCUT2D eigenvalue weighted by molar-refractivity contribution is 0.102. The topological polar surface area (TPSA) is 68.3 Å². The molecule has 0 aliphatic rings.